The molecule has 9 heteroatoms. The molecule has 0 aliphatic carbocycles. The predicted molar refractivity (Wildman–Crippen MR) is 71.8 cm³/mol. The molecule has 0 spiro atoms. The molecule has 0 saturated carbocycles. The van der Waals surface area contributed by atoms with Crippen LogP contribution in [0.3, 0.4) is 0 Å². The van der Waals surface area contributed by atoms with Gasteiger partial charge in [0, 0.05) is 17.7 Å². The Morgan fingerprint density at radius 1 is 1.23 bits per heavy atom. The van der Waals surface area contributed by atoms with Crippen LogP contribution < -0.4 is 0 Å². The lowest BCUT2D eigenvalue weighted by Crippen LogP contribution is -2.54. The highest BCUT2D eigenvalue weighted by atomic mass is 16.7. The number of ether oxygens (including phenoxy) is 2. The van der Waals surface area contributed by atoms with Crippen LogP contribution in [0.4, 0.5) is 5.69 Å². The van der Waals surface area contributed by atoms with Crippen molar-refractivity contribution >= 4 is 5.69 Å². The van der Waals surface area contributed by atoms with Gasteiger partial charge in [0.15, 0.2) is 6.29 Å². The number of hydrogen-bond donors (Lipinski definition) is 4. The minimum atomic E-state index is -1.35. The Labute approximate surface area is 125 Å². The van der Waals surface area contributed by atoms with Crippen molar-refractivity contribution in [3.8, 4) is 0 Å². The van der Waals surface area contributed by atoms with Crippen LogP contribution in [0.5, 0.6) is 0 Å². The quantitative estimate of drug-likeness (QED) is 0.404. The molecule has 2 rings (SSSR count). The zero-order valence-electron chi connectivity index (χ0n) is 11.5. The normalized spacial score (nSPS) is 30.0. The third-order valence-electron chi connectivity index (χ3n) is 3.42. The number of hydrogen-bond acceptors (Lipinski definition) is 8. The second-order valence-electron chi connectivity index (χ2n) is 4.88. The van der Waals surface area contributed by atoms with Gasteiger partial charge in [0.2, 0.25) is 0 Å². The van der Waals surface area contributed by atoms with Crippen molar-refractivity contribution in [2.24, 2.45) is 0 Å². The number of nitro benzene ring substituents is 1. The van der Waals surface area contributed by atoms with Gasteiger partial charge in [-0.25, -0.2) is 0 Å². The molecule has 0 bridgehead atoms. The van der Waals surface area contributed by atoms with Crippen molar-refractivity contribution in [3.05, 3.63) is 39.9 Å². The van der Waals surface area contributed by atoms with E-state index in [1.807, 2.05) is 0 Å². The van der Waals surface area contributed by atoms with Crippen LogP contribution in [0.15, 0.2) is 24.3 Å². The molecule has 5 atom stereocenters. The van der Waals surface area contributed by atoms with Crippen LogP contribution in [-0.4, -0.2) is 63.0 Å². The van der Waals surface area contributed by atoms with Gasteiger partial charge in [0.05, 0.1) is 18.1 Å². The smallest absolute Gasteiger partial charge is 0.269 e. The van der Waals surface area contributed by atoms with Gasteiger partial charge in [-0.1, -0.05) is 0 Å². The number of aliphatic hydroxyl groups excluding tert-OH is 4. The summed E-state index contributed by atoms with van der Waals surface area (Å²) in [5.41, 5.74) is 0.316. The molecule has 1 aromatic carbocycles. The monoisotopic (exact) mass is 315 g/mol. The first-order chi connectivity index (χ1) is 10.5. The van der Waals surface area contributed by atoms with E-state index in [4.69, 9.17) is 14.6 Å². The van der Waals surface area contributed by atoms with Gasteiger partial charge in [-0.2, -0.15) is 0 Å². The minimum Gasteiger partial charge on any atom is -0.394 e. The number of benzene rings is 1. The molecule has 1 aliphatic rings. The fraction of sp³-hybridized carbons (Fsp3) is 0.538. The summed E-state index contributed by atoms with van der Waals surface area (Å²) in [6.45, 7) is -1.14. The van der Waals surface area contributed by atoms with Crippen molar-refractivity contribution in [2.45, 2.75) is 30.7 Å². The lowest BCUT2D eigenvalue weighted by molar-refractivity contribution is -0.384. The van der Waals surface area contributed by atoms with Crippen LogP contribution in [0, 0.1) is 10.1 Å². The average molecular weight is 315 g/mol. The maximum absolute atomic E-state index is 10.6. The van der Waals surface area contributed by atoms with E-state index in [1.54, 1.807) is 0 Å². The van der Waals surface area contributed by atoms with Gasteiger partial charge in [-0.3, -0.25) is 10.1 Å². The molecule has 0 radical (unpaired) electrons. The van der Waals surface area contributed by atoms with Gasteiger partial charge in [0.1, 0.15) is 24.4 Å². The molecule has 22 heavy (non-hydrogen) atoms. The molecule has 0 amide bonds. The molecule has 0 aromatic heterocycles. The topological polar surface area (TPSA) is 143 Å². The first-order valence-electron chi connectivity index (χ1n) is 6.61. The van der Waals surface area contributed by atoms with Crippen molar-refractivity contribution in [1.29, 1.82) is 0 Å². The summed E-state index contributed by atoms with van der Waals surface area (Å²) in [5.74, 6) is 0. The van der Waals surface area contributed by atoms with E-state index >= 15 is 0 Å². The highest BCUT2D eigenvalue weighted by Gasteiger charge is 2.42. The molecule has 1 aliphatic heterocycles. The average Bonchev–Trinajstić information content (AvgIpc) is 2.54. The molecule has 9 nitrogen and oxygen atoms in total. The molecule has 122 valence electrons. The van der Waals surface area contributed by atoms with Gasteiger partial charge in [0.25, 0.3) is 5.69 Å². The van der Waals surface area contributed by atoms with Gasteiger partial charge in [-0.05, 0) is 12.1 Å². The second-order valence-corrected chi connectivity index (χ2v) is 4.88. The Kier molecular flexibility index (Phi) is 5.40. The molecule has 1 saturated heterocycles. The summed E-state index contributed by atoms with van der Waals surface area (Å²) < 4.78 is 10.8. The van der Waals surface area contributed by atoms with E-state index in [2.05, 4.69) is 0 Å². The van der Waals surface area contributed by atoms with Gasteiger partial charge in [-0.15, -0.1) is 0 Å². The van der Waals surface area contributed by atoms with Gasteiger partial charge >= 0.3 is 0 Å². The summed E-state index contributed by atoms with van der Waals surface area (Å²) in [7, 11) is 0. The van der Waals surface area contributed by atoms with Crippen LogP contribution in [0.2, 0.25) is 0 Å². The largest absolute Gasteiger partial charge is 0.394 e. The third kappa shape index (κ3) is 3.40. The number of nitro groups is 1. The zero-order valence-corrected chi connectivity index (χ0v) is 11.5. The summed E-state index contributed by atoms with van der Waals surface area (Å²) in [4.78, 5) is 10.1. The van der Waals surface area contributed by atoms with E-state index < -0.39 is 48.8 Å². The summed E-state index contributed by atoms with van der Waals surface area (Å²) in [6, 6.07) is 5.35. The van der Waals surface area contributed by atoms with E-state index in [0.717, 1.165) is 0 Å². The van der Waals surface area contributed by atoms with Crippen LogP contribution in [-0.2, 0) is 9.47 Å². The third-order valence-corrected chi connectivity index (χ3v) is 3.42. The van der Waals surface area contributed by atoms with E-state index in [1.165, 1.54) is 24.3 Å². The molecule has 4 N–H and O–H groups in total. The lowest BCUT2D eigenvalue weighted by Gasteiger charge is -2.40. The fourth-order valence-electron chi connectivity index (χ4n) is 2.19. The molecule has 1 unspecified atom stereocenters. The highest BCUT2D eigenvalue weighted by molar-refractivity contribution is 5.33. The summed E-state index contributed by atoms with van der Waals surface area (Å²) in [5, 5.41) is 48.5. The summed E-state index contributed by atoms with van der Waals surface area (Å²) in [6.07, 6.45) is -5.88. The Hall–Kier alpha value is -1.62. The summed E-state index contributed by atoms with van der Waals surface area (Å²) >= 11 is 0. The van der Waals surface area contributed by atoms with Crippen LogP contribution >= 0.6 is 0 Å². The maximum atomic E-state index is 10.6. The molecule has 1 fully saturated rings. The standard InChI is InChI=1S/C13H17NO8/c15-5-9(17)12-11(18)10(6-16)21-13(22-12)7-1-3-8(4-2-7)14(19)20/h1-4,9-13,15-18H,5-6H2/t9-,10+,11-,12-,13?/m1/s1. The molecular weight excluding hydrogens is 298 g/mol. The minimum absolute atomic E-state index is 0.106. The Balaban J connectivity index is 2.20. The SMILES string of the molecule is O=[N+]([O-])c1ccc(C2O[C@H]([C@H](O)CO)[C@H](O)[C@H](CO)O2)cc1. The number of aliphatic hydroxyl groups is 4. The van der Waals surface area contributed by atoms with E-state index in [9.17, 15) is 25.4 Å². The van der Waals surface area contributed by atoms with Crippen molar-refractivity contribution in [2.75, 3.05) is 13.2 Å². The van der Waals surface area contributed by atoms with E-state index in [-0.39, 0.29) is 5.69 Å². The van der Waals surface area contributed by atoms with Gasteiger partial charge < -0.3 is 29.9 Å². The first-order valence-corrected chi connectivity index (χ1v) is 6.61. The molecular formula is C13H17NO8. The van der Waals surface area contributed by atoms with Crippen LogP contribution in [0.25, 0.3) is 0 Å². The van der Waals surface area contributed by atoms with Crippen molar-refractivity contribution < 1.29 is 34.8 Å². The molecule has 1 heterocycles. The highest BCUT2D eigenvalue weighted by Crippen LogP contribution is 2.32. The molecule has 1 aromatic rings. The maximum Gasteiger partial charge on any atom is 0.269 e. The van der Waals surface area contributed by atoms with Crippen LogP contribution in [0.1, 0.15) is 11.9 Å². The van der Waals surface area contributed by atoms with E-state index in [0.29, 0.717) is 5.56 Å². The number of rotatable bonds is 5. The van der Waals surface area contributed by atoms with Crippen molar-refractivity contribution in [1.82, 2.24) is 0 Å². The second kappa shape index (κ2) is 7.09. The zero-order chi connectivity index (χ0) is 16.3. The number of non-ortho nitro benzene ring substituents is 1. The number of nitrogens with zero attached hydrogens (tertiary/aromatic N) is 1. The first kappa shape index (κ1) is 16.7. The fourth-order valence-corrected chi connectivity index (χ4v) is 2.19. The Morgan fingerprint density at radius 2 is 1.86 bits per heavy atom. The lowest BCUT2D eigenvalue weighted by atomic mass is 10.0. The predicted octanol–water partition coefficient (Wildman–Crippen LogP) is -0.916. The Morgan fingerprint density at radius 3 is 2.36 bits per heavy atom. The Bertz CT molecular complexity index is 507. The van der Waals surface area contributed by atoms with Crippen molar-refractivity contribution in [3.63, 3.8) is 0 Å².